The Labute approximate surface area is 120 Å². The topological polar surface area (TPSA) is 36.4 Å². The molecule has 1 spiro atoms. The smallest absolute Gasteiger partial charge is 0.228 e. The first kappa shape index (κ1) is 13.6. The Kier molecular flexibility index (Phi) is 3.74. The van der Waals surface area contributed by atoms with Crippen LogP contribution in [0.1, 0.15) is 25.0 Å². The number of rotatable bonds is 2. The molecule has 1 aromatic rings. The molecule has 108 valence electrons. The molecule has 0 unspecified atom stereocenters. The van der Waals surface area contributed by atoms with Crippen molar-refractivity contribution in [2.24, 2.45) is 5.41 Å². The molecule has 2 saturated heterocycles. The van der Waals surface area contributed by atoms with Crippen LogP contribution < -0.4 is 0 Å². The predicted molar refractivity (Wildman–Crippen MR) is 78.3 cm³/mol. The first-order valence-electron chi connectivity index (χ1n) is 7.53. The van der Waals surface area contributed by atoms with Crippen molar-refractivity contribution in [2.45, 2.75) is 25.7 Å². The summed E-state index contributed by atoms with van der Waals surface area (Å²) in [6.07, 6.45) is 5.84. The second kappa shape index (κ2) is 5.52. The molecule has 2 fully saturated rings. The number of carbonyl (C=O) groups excluding carboxylic acids is 1. The van der Waals surface area contributed by atoms with Crippen LogP contribution >= 0.6 is 0 Å². The fraction of sp³-hybridized carbons (Fsp3) is 0.625. The Hall–Kier alpha value is -1.42. The van der Waals surface area contributed by atoms with Gasteiger partial charge in [0.2, 0.25) is 5.91 Å². The van der Waals surface area contributed by atoms with Gasteiger partial charge in [0, 0.05) is 25.0 Å². The predicted octanol–water partition coefficient (Wildman–Crippen LogP) is 1.57. The Morgan fingerprint density at radius 2 is 2.00 bits per heavy atom. The molecule has 0 bridgehead atoms. The summed E-state index contributed by atoms with van der Waals surface area (Å²) in [6.45, 7) is 4.21. The molecular formula is C16H23N3O. The van der Waals surface area contributed by atoms with Gasteiger partial charge in [0.25, 0.3) is 0 Å². The normalized spacial score (nSPS) is 22.4. The lowest BCUT2D eigenvalue weighted by Gasteiger charge is -2.37. The second-order valence-electron chi connectivity index (χ2n) is 6.37. The average molecular weight is 273 g/mol. The van der Waals surface area contributed by atoms with Gasteiger partial charge in [-0.15, -0.1) is 0 Å². The molecule has 4 heteroatoms. The van der Waals surface area contributed by atoms with Crippen molar-refractivity contribution in [2.75, 3.05) is 33.2 Å². The van der Waals surface area contributed by atoms with E-state index in [9.17, 15) is 4.79 Å². The van der Waals surface area contributed by atoms with E-state index in [-0.39, 0.29) is 5.91 Å². The Bertz CT molecular complexity index is 466. The molecule has 0 aromatic carbocycles. The summed E-state index contributed by atoms with van der Waals surface area (Å²) in [6, 6.07) is 5.76. The number of carbonyl (C=O) groups is 1. The number of piperidine rings is 1. The molecule has 1 amide bonds. The molecule has 0 N–H and O–H groups in total. The van der Waals surface area contributed by atoms with Crippen LogP contribution in [0.2, 0.25) is 0 Å². The van der Waals surface area contributed by atoms with Crippen molar-refractivity contribution >= 4 is 5.91 Å². The monoisotopic (exact) mass is 273 g/mol. The van der Waals surface area contributed by atoms with E-state index in [0.717, 1.165) is 18.8 Å². The van der Waals surface area contributed by atoms with Gasteiger partial charge in [-0.2, -0.15) is 0 Å². The van der Waals surface area contributed by atoms with Gasteiger partial charge in [-0.05, 0) is 56.9 Å². The summed E-state index contributed by atoms with van der Waals surface area (Å²) in [5, 5.41) is 0. The van der Waals surface area contributed by atoms with Crippen LogP contribution in [-0.2, 0) is 11.2 Å². The third-order valence-electron chi connectivity index (χ3n) is 4.90. The zero-order chi connectivity index (χ0) is 14.0. The molecule has 0 saturated carbocycles. The van der Waals surface area contributed by atoms with Crippen LogP contribution in [-0.4, -0.2) is 53.9 Å². The molecule has 3 heterocycles. The number of amides is 1. The standard InChI is InChI=1S/C16H23N3O/c1-18-9-5-16(6-10-18)7-11-19(13-16)15(20)12-14-4-2-3-8-17-14/h2-4,8H,5-7,9-13H2,1H3. The molecule has 0 radical (unpaired) electrons. The summed E-state index contributed by atoms with van der Waals surface area (Å²) in [5.41, 5.74) is 1.27. The maximum Gasteiger partial charge on any atom is 0.228 e. The molecule has 0 atom stereocenters. The van der Waals surface area contributed by atoms with E-state index < -0.39 is 0 Å². The van der Waals surface area contributed by atoms with Crippen molar-refractivity contribution in [3.63, 3.8) is 0 Å². The maximum absolute atomic E-state index is 12.4. The van der Waals surface area contributed by atoms with Crippen molar-refractivity contribution in [3.8, 4) is 0 Å². The zero-order valence-electron chi connectivity index (χ0n) is 12.2. The number of pyridine rings is 1. The summed E-state index contributed by atoms with van der Waals surface area (Å²) in [5.74, 6) is 0.236. The minimum Gasteiger partial charge on any atom is -0.342 e. The van der Waals surface area contributed by atoms with E-state index in [1.54, 1.807) is 6.20 Å². The molecule has 3 rings (SSSR count). The van der Waals surface area contributed by atoms with E-state index >= 15 is 0 Å². The fourth-order valence-corrected chi connectivity index (χ4v) is 3.42. The van der Waals surface area contributed by atoms with E-state index in [1.165, 1.54) is 32.4 Å². The SMILES string of the molecule is CN1CCC2(CC1)CCN(C(=O)Cc1ccccn1)C2. The number of nitrogens with zero attached hydrogens (tertiary/aromatic N) is 3. The molecule has 4 nitrogen and oxygen atoms in total. The lowest BCUT2D eigenvalue weighted by molar-refractivity contribution is -0.130. The summed E-state index contributed by atoms with van der Waals surface area (Å²) < 4.78 is 0. The van der Waals surface area contributed by atoms with Gasteiger partial charge in [0.1, 0.15) is 0 Å². The first-order chi connectivity index (χ1) is 9.67. The molecule has 20 heavy (non-hydrogen) atoms. The maximum atomic E-state index is 12.4. The summed E-state index contributed by atoms with van der Waals surface area (Å²) in [7, 11) is 2.19. The van der Waals surface area contributed by atoms with E-state index in [0.29, 0.717) is 11.8 Å². The third kappa shape index (κ3) is 2.85. The van der Waals surface area contributed by atoms with E-state index in [1.807, 2.05) is 18.2 Å². The van der Waals surface area contributed by atoms with Gasteiger partial charge in [-0.3, -0.25) is 9.78 Å². The van der Waals surface area contributed by atoms with Crippen molar-refractivity contribution in [3.05, 3.63) is 30.1 Å². The fourth-order valence-electron chi connectivity index (χ4n) is 3.42. The van der Waals surface area contributed by atoms with Crippen LogP contribution in [0.4, 0.5) is 0 Å². The zero-order valence-corrected chi connectivity index (χ0v) is 12.2. The summed E-state index contributed by atoms with van der Waals surface area (Å²) in [4.78, 5) is 21.1. The van der Waals surface area contributed by atoms with Crippen LogP contribution in [0.15, 0.2) is 24.4 Å². The van der Waals surface area contributed by atoms with Crippen LogP contribution in [0, 0.1) is 5.41 Å². The number of hydrogen-bond donors (Lipinski definition) is 0. The highest BCUT2D eigenvalue weighted by molar-refractivity contribution is 5.78. The minimum atomic E-state index is 0.236. The van der Waals surface area contributed by atoms with Crippen molar-refractivity contribution in [1.82, 2.24) is 14.8 Å². The number of likely N-dealkylation sites (tertiary alicyclic amines) is 2. The Morgan fingerprint density at radius 1 is 1.25 bits per heavy atom. The number of aromatic nitrogens is 1. The van der Waals surface area contributed by atoms with Gasteiger partial charge >= 0.3 is 0 Å². The molecule has 1 aromatic heterocycles. The molecule has 2 aliphatic rings. The van der Waals surface area contributed by atoms with Gasteiger partial charge in [-0.1, -0.05) is 6.07 Å². The van der Waals surface area contributed by atoms with Crippen LogP contribution in [0.5, 0.6) is 0 Å². The highest BCUT2D eigenvalue weighted by Crippen LogP contribution is 2.40. The molecule has 2 aliphatic heterocycles. The largest absolute Gasteiger partial charge is 0.342 e. The van der Waals surface area contributed by atoms with Crippen LogP contribution in [0.3, 0.4) is 0 Å². The molecule has 0 aliphatic carbocycles. The number of hydrogen-bond acceptors (Lipinski definition) is 3. The quantitative estimate of drug-likeness (QED) is 0.820. The average Bonchev–Trinajstić information content (AvgIpc) is 2.88. The van der Waals surface area contributed by atoms with Crippen molar-refractivity contribution < 1.29 is 4.79 Å². The van der Waals surface area contributed by atoms with Gasteiger partial charge in [0.05, 0.1) is 6.42 Å². The van der Waals surface area contributed by atoms with Gasteiger partial charge in [-0.25, -0.2) is 0 Å². The third-order valence-corrected chi connectivity index (χ3v) is 4.90. The molecular weight excluding hydrogens is 250 g/mol. The minimum absolute atomic E-state index is 0.236. The van der Waals surface area contributed by atoms with Crippen LogP contribution in [0.25, 0.3) is 0 Å². The highest BCUT2D eigenvalue weighted by Gasteiger charge is 2.41. The first-order valence-corrected chi connectivity index (χ1v) is 7.53. The Morgan fingerprint density at radius 3 is 2.70 bits per heavy atom. The second-order valence-corrected chi connectivity index (χ2v) is 6.37. The lowest BCUT2D eigenvalue weighted by atomic mass is 9.78. The van der Waals surface area contributed by atoms with E-state index in [2.05, 4.69) is 21.8 Å². The van der Waals surface area contributed by atoms with Gasteiger partial charge < -0.3 is 9.80 Å². The summed E-state index contributed by atoms with van der Waals surface area (Å²) >= 11 is 0. The van der Waals surface area contributed by atoms with E-state index in [4.69, 9.17) is 0 Å². The highest BCUT2D eigenvalue weighted by atomic mass is 16.2. The van der Waals surface area contributed by atoms with Gasteiger partial charge in [0.15, 0.2) is 0 Å². The Balaban J connectivity index is 1.58. The lowest BCUT2D eigenvalue weighted by Crippen LogP contribution is -2.40. The van der Waals surface area contributed by atoms with Crippen molar-refractivity contribution in [1.29, 1.82) is 0 Å².